The molecule has 35 heavy (non-hydrogen) atoms. The zero-order chi connectivity index (χ0) is 25.1. The first-order valence-corrected chi connectivity index (χ1v) is 13.3. The van der Waals surface area contributed by atoms with Gasteiger partial charge >= 0.3 is 0 Å². The molecule has 9 heteroatoms. The number of hydrogen-bond donors (Lipinski definition) is 3. The second-order valence-electron chi connectivity index (χ2n) is 7.82. The van der Waals surface area contributed by atoms with Crippen LogP contribution in [0.15, 0.2) is 83.8 Å². The molecule has 3 N–H and O–H groups in total. The largest absolute Gasteiger partial charge is 0.494 e. The predicted molar refractivity (Wildman–Crippen MR) is 142 cm³/mol. The summed E-state index contributed by atoms with van der Waals surface area (Å²) < 4.78 is 33.3. The van der Waals surface area contributed by atoms with Crippen LogP contribution in [0.3, 0.4) is 0 Å². The summed E-state index contributed by atoms with van der Waals surface area (Å²) in [6.07, 6.45) is 3.25. The van der Waals surface area contributed by atoms with E-state index in [2.05, 4.69) is 22.3 Å². The number of rotatable bonds is 11. The van der Waals surface area contributed by atoms with Crippen molar-refractivity contribution in [1.82, 2.24) is 10.0 Å². The van der Waals surface area contributed by atoms with E-state index in [1.165, 1.54) is 12.1 Å². The van der Waals surface area contributed by atoms with E-state index >= 15 is 0 Å². The molecule has 0 atom stereocenters. The molecule has 0 aliphatic carbocycles. The Morgan fingerprint density at radius 3 is 2.26 bits per heavy atom. The van der Waals surface area contributed by atoms with E-state index < -0.39 is 10.0 Å². The highest BCUT2D eigenvalue weighted by atomic mass is 32.2. The van der Waals surface area contributed by atoms with Gasteiger partial charge < -0.3 is 10.1 Å². The molecular formula is C26H29N3O4S2. The Labute approximate surface area is 212 Å². The van der Waals surface area contributed by atoms with Crippen molar-refractivity contribution in [3.63, 3.8) is 0 Å². The third kappa shape index (κ3) is 8.47. The number of hydrogen-bond acceptors (Lipinski definition) is 5. The minimum absolute atomic E-state index is 0.104. The molecule has 3 rings (SSSR count). The first-order chi connectivity index (χ1) is 16.9. The molecule has 0 bridgehead atoms. The third-order valence-corrected chi connectivity index (χ3v) is 6.71. The van der Waals surface area contributed by atoms with Crippen LogP contribution in [0.2, 0.25) is 0 Å². The molecule has 0 unspecified atom stereocenters. The first-order valence-electron chi connectivity index (χ1n) is 11.4. The minimum Gasteiger partial charge on any atom is -0.494 e. The fourth-order valence-corrected chi connectivity index (χ4v) is 4.39. The minimum atomic E-state index is -3.66. The Morgan fingerprint density at radius 1 is 0.914 bits per heavy atom. The highest BCUT2D eigenvalue weighted by molar-refractivity contribution is 7.89. The number of unbranched alkanes of at least 4 members (excludes halogenated alkanes) is 2. The number of nitrogens with one attached hydrogen (secondary N) is 3. The SMILES string of the molecule is CCCCCOc1ccc(C(=O)NC(=S)Nc2ccc(S(=O)(=O)NCc3ccccc3)cc2)cc1. The lowest BCUT2D eigenvalue weighted by atomic mass is 10.2. The maximum absolute atomic E-state index is 12.5. The van der Waals surface area contributed by atoms with E-state index in [-0.39, 0.29) is 22.5 Å². The summed E-state index contributed by atoms with van der Waals surface area (Å²) in [7, 11) is -3.66. The molecule has 0 saturated heterocycles. The van der Waals surface area contributed by atoms with Crippen molar-refractivity contribution in [3.8, 4) is 5.75 Å². The number of carbonyl (C=O) groups excluding carboxylic acids is 1. The molecule has 0 spiro atoms. The molecule has 0 aromatic heterocycles. The zero-order valence-corrected chi connectivity index (χ0v) is 21.1. The number of thiocarbonyl (C=S) groups is 1. The van der Waals surface area contributed by atoms with Crippen LogP contribution in [0.1, 0.15) is 42.1 Å². The summed E-state index contributed by atoms with van der Waals surface area (Å²) in [6.45, 7) is 2.99. The maximum Gasteiger partial charge on any atom is 0.257 e. The molecule has 3 aromatic rings. The second-order valence-corrected chi connectivity index (χ2v) is 10.00. The van der Waals surface area contributed by atoms with Gasteiger partial charge in [0, 0.05) is 17.8 Å². The van der Waals surface area contributed by atoms with Gasteiger partial charge in [-0.3, -0.25) is 10.1 Å². The topological polar surface area (TPSA) is 96.5 Å². The van der Waals surface area contributed by atoms with E-state index in [0.29, 0.717) is 23.6 Å². The van der Waals surface area contributed by atoms with Crippen molar-refractivity contribution in [3.05, 3.63) is 90.0 Å². The lowest BCUT2D eigenvalue weighted by Gasteiger charge is -2.11. The lowest BCUT2D eigenvalue weighted by Crippen LogP contribution is -2.34. The Kier molecular flexibility index (Phi) is 9.77. The maximum atomic E-state index is 12.5. The van der Waals surface area contributed by atoms with Crippen LogP contribution in [0.4, 0.5) is 5.69 Å². The van der Waals surface area contributed by atoms with E-state index in [0.717, 1.165) is 24.8 Å². The molecule has 0 radical (unpaired) electrons. The summed E-state index contributed by atoms with van der Waals surface area (Å²) in [5, 5.41) is 5.61. The van der Waals surface area contributed by atoms with Crippen LogP contribution in [-0.2, 0) is 16.6 Å². The molecule has 1 amide bonds. The summed E-state index contributed by atoms with van der Waals surface area (Å²) in [4.78, 5) is 12.6. The monoisotopic (exact) mass is 511 g/mol. The lowest BCUT2D eigenvalue weighted by molar-refractivity contribution is 0.0977. The fourth-order valence-electron chi connectivity index (χ4n) is 3.16. The van der Waals surface area contributed by atoms with Crippen LogP contribution in [0.5, 0.6) is 5.75 Å². The van der Waals surface area contributed by atoms with Crippen molar-refractivity contribution in [2.75, 3.05) is 11.9 Å². The van der Waals surface area contributed by atoms with Crippen molar-refractivity contribution >= 4 is 38.9 Å². The Bertz CT molecular complexity index is 1210. The Morgan fingerprint density at radius 2 is 1.60 bits per heavy atom. The van der Waals surface area contributed by atoms with E-state index in [1.807, 2.05) is 30.3 Å². The summed E-state index contributed by atoms with van der Waals surface area (Å²) in [6, 6.07) is 22.2. The number of sulfonamides is 1. The number of benzene rings is 3. The van der Waals surface area contributed by atoms with Gasteiger partial charge in [0.05, 0.1) is 11.5 Å². The highest BCUT2D eigenvalue weighted by Crippen LogP contribution is 2.15. The summed E-state index contributed by atoms with van der Waals surface area (Å²) in [5.41, 5.74) is 1.86. The van der Waals surface area contributed by atoms with Crippen LogP contribution in [0.25, 0.3) is 0 Å². The number of anilines is 1. The molecular weight excluding hydrogens is 482 g/mol. The van der Waals surface area contributed by atoms with Gasteiger partial charge in [0.2, 0.25) is 10.0 Å². The van der Waals surface area contributed by atoms with Crippen LogP contribution < -0.4 is 20.1 Å². The second kappa shape index (κ2) is 13.0. The molecule has 0 aliphatic rings. The Balaban J connectivity index is 1.49. The molecule has 3 aromatic carbocycles. The molecule has 0 fully saturated rings. The molecule has 0 heterocycles. The standard InChI is InChI=1S/C26H29N3O4S2/c1-2-3-7-18-33-23-14-10-21(11-15-23)25(30)29-26(34)28-22-12-16-24(17-13-22)35(31,32)27-19-20-8-5-4-6-9-20/h4-6,8-17,27H,2-3,7,18-19H2,1H3,(H2,28,29,30,34). The molecule has 0 aliphatic heterocycles. The molecule has 7 nitrogen and oxygen atoms in total. The van der Waals surface area contributed by atoms with Gasteiger partial charge in [0.1, 0.15) is 5.75 Å². The number of amides is 1. The van der Waals surface area contributed by atoms with Crippen molar-refractivity contribution < 1.29 is 17.9 Å². The van der Waals surface area contributed by atoms with Crippen molar-refractivity contribution in [2.45, 2.75) is 37.6 Å². The van der Waals surface area contributed by atoms with Gasteiger partial charge in [-0.1, -0.05) is 50.1 Å². The molecule has 0 saturated carbocycles. The van der Waals surface area contributed by atoms with Crippen molar-refractivity contribution in [1.29, 1.82) is 0 Å². The average Bonchev–Trinajstić information content (AvgIpc) is 2.87. The van der Waals surface area contributed by atoms with Gasteiger partial charge in [-0.2, -0.15) is 0 Å². The normalized spacial score (nSPS) is 11.0. The third-order valence-electron chi connectivity index (χ3n) is 5.09. The van der Waals surface area contributed by atoms with E-state index in [9.17, 15) is 13.2 Å². The van der Waals surface area contributed by atoms with Gasteiger partial charge in [0.25, 0.3) is 5.91 Å². The Hall–Kier alpha value is -3.27. The zero-order valence-electron chi connectivity index (χ0n) is 19.5. The van der Waals surface area contributed by atoms with Crippen LogP contribution in [-0.4, -0.2) is 26.0 Å². The van der Waals surface area contributed by atoms with Gasteiger partial charge in [0.15, 0.2) is 5.11 Å². The van der Waals surface area contributed by atoms with Crippen molar-refractivity contribution in [2.24, 2.45) is 0 Å². The fraction of sp³-hybridized carbons (Fsp3) is 0.231. The summed E-state index contributed by atoms with van der Waals surface area (Å²) >= 11 is 5.22. The van der Waals surface area contributed by atoms with E-state index in [4.69, 9.17) is 17.0 Å². The average molecular weight is 512 g/mol. The highest BCUT2D eigenvalue weighted by Gasteiger charge is 2.14. The van der Waals surface area contributed by atoms with E-state index in [1.54, 1.807) is 36.4 Å². The van der Waals surface area contributed by atoms with Crippen LogP contribution >= 0.6 is 12.2 Å². The van der Waals surface area contributed by atoms with Crippen LogP contribution in [0, 0.1) is 0 Å². The van der Waals surface area contributed by atoms with Gasteiger partial charge in [-0.05, 0) is 72.7 Å². The quantitative estimate of drug-likeness (QED) is 0.251. The van der Waals surface area contributed by atoms with Gasteiger partial charge in [-0.15, -0.1) is 0 Å². The number of carbonyl (C=O) groups is 1. The van der Waals surface area contributed by atoms with Gasteiger partial charge in [-0.25, -0.2) is 13.1 Å². The molecule has 184 valence electrons. The number of ether oxygens (including phenoxy) is 1. The predicted octanol–water partition coefficient (Wildman–Crippen LogP) is 4.86. The smallest absolute Gasteiger partial charge is 0.257 e. The summed E-state index contributed by atoms with van der Waals surface area (Å²) in [5.74, 6) is 0.357. The first kappa shape index (κ1) is 26.3.